The number of halogens is 1. The van der Waals surface area contributed by atoms with Gasteiger partial charge in [-0.25, -0.2) is 4.85 Å². The summed E-state index contributed by atoms with van der Waals surface area (Å²) >= 11 is 6.08. The fourth-order valence-electron chi connectivity index (χ4n) is 2.52. The fraction of sp³-hybridized carbons (Fsp3) is 0.263. The molecule has 0 aliphatic rings. The van der Waals surface area contributed by atoms with Gasteiger partial charge in [0.05, 0.1) is 33.3 Å². The summed E-state index contributed by atoms with van der Waals surface area (Å²) in [5, 5.41) is 23.2. The van der Waals surface area contributed by atoms with E-state index in [0.717, 1.165) is 5.56 Å². The smallest absolute Gasteiger partial charge is 0.272 e. The van der Waals surface area contributed by atoms with E-state index in [2.05, 4.69) is 25.5 Å². The van der Waals surface area contributed by atoms with Crippen molar-refractivity contribution in [1.29, 1.82) is 0 Å². The molecule has 2 heterocycles. The zero-order valence-electron chi connectivity index (χ0n) is 17.2. The van der Waals surface area contributed by atoms with Gasteiger partial charge >= 0.3 is 0 Å². The molecule has 1 aromatic carbocycles. The molecule has 0 spiro atoms. The fourth-order valence-corrected chi connectivity index (χ4v) is 2.75. The molecule has 8 nitrogen and oxygen atoms in total. The summed E-state index contributed by atoms with van der Waals surface area (Å²) in [6, 6.07) is 6.61. The molecule has 2 aromatic heterocycles. The van der Waals surface area contributed by atoms with Crippen LogP contribution in [0.4, 0.5) is 5.69 Å². The van der Waals surface area contributed by atoms with Gasteiger partial charge in [-0.05, 0) is 32.0 Å². The minimum Gasteiger partial charge on any atom is -0.387 e. The van der Waals surface area contributed by atoms with Gasteiger partial charge in [0.15, 0.2) is 0 Å². The maximum absolute atomic E-state index is 12.4. The molecule has 2 atom stereocenters. The average molecular weight is 401 g/mol. The van der Waals surface area contributed by atoms with Gasteiger partial charge in [0.2, 0.25) is 5.69 Å². The van der Waals surface area contributed by atoms with E-state index in [1.54, 1.807) is 30.5 Å². The summed E-state index contributed by atoms with van der Waals surface area (Å²) < 4.78 is 17.5. The lowest BCUT2D eigenvalue weighted by Gasteiger charge is -2.13. The molecule has 0 aliphatic carbocycles. The number of hydrogen-bond donors (Lipinski definition) is 3. The number of benzene rings is 1. The number of aromatic nitrogens is 4. The van der Waals surface area contributed by atoms with Crippen LogP contribution >= 0.6 is 11.6 Å². The summed E-state index contributed by atoms with van der Waals surface area (Å²) in [7, 11) is 0. The first kappa shape index (κ1) is 17.0. The number of H-pyrrole nitrogens is 1. The Labute approximate surface area is 169 Å². The van der Waals surface area contributed by atoms with E-state index >= 15 is 0 Å². The summed E-state index contributed by atoms with van der Waals surface area (Å²) in [6.45, 7) is 9.87. The maximum Gasteiger partial charge on any atom is 0.272 e. The van der Waals surface area contributed by atoms with Crippen LogP contribution in [0.1, 0.15) is 38.9 Å². The number of aliphatic hydroxyl groups is 1. The molecule has 144 valence electrons. The highest BCUT2D eigenvalue weighted by molar-refractivity contribution is 6.33. The van der Waals surface area contributed by atoms with Gasteiger partial charge in [0.25, 0.3) is 5.91 Å². The standard InChI is InChI=1S/C19H19ClN6O2/c1-11(22-19(28)18-9-17(12(2)27)23-24-18)10-26-7-6-15(25-26)13-4-5-16(21-3)14(20)8-13/h4-9,11-12,27H,10H2,1-2H3,(H,22,28)(H,23,24)/t11-,12?/m1/s1/i11D,12D. The van der Waals surface area contributed by atoms with E-state index in [1.165, 1.54) is 24.6 Å². The van der Waals surface area contributed by atoms with Crippen molar-refractivity contribution in [2.75, 3.05) is 0 Å². The lowest BCUT2D eigenvalue weighted by molar-refractivity contribution is 0.0931. The molecule has 0 saturated carbocycles. The summed E-state index contributed by atoms with van der Waals surface area (Å²) in [4.78, 5) is 15.7. The van der Waals surface area contributed by atoms with Crippen LogP contribution in [0.15, 0.2) is 36.5 Å². The Hall–Kier alpha value is -3.15. The largest absolute Gasteiger partial charge is 0.387 e. The number of hydrogen-bond acceptors (Lipinski definition) is 4. The molecule has 9 heteroatoms. The van der Waals surface area contributed by atoms with Gasteiger partial charge in [0, 0.05) is 22.8 Å². The molecule has 28 heavy (non-hydrogen) atoms. The zero-order valence-corrected chi connectivity index (χ0v) is 15.9. The molecule has 1 amide bonds. The van der Waals surface area contributed by atoms with Crippen LogP contribution in [-0.2, 0) is 6.54 Å². The van der Waals surface area contributed by atoms with Gasteiger partial charge in [-0.15, -0.1) is 0 Å². The van der Waals surface area contributed by atoms with Crippen LogP contribution in [0.3, 0.4) is 0 Å². The second kappa shape index (κ2) is 8.25. The minimum absolute atomic E-state index is 0.0355. The Morgan fingerprint density at radius 3 is 2.89 bits per heavy atom. The van der Waals surface area contributed by atoms with Crippen molar-refractivity contribution < 1.29 is 12.6 Å². The second-order valence-electron chi connectivity index (χ2n) is 6.16. The second-order valence-corrected chi connectivity index (χ2v) is 6.57. The molecule has 3 rings (SSSR count). The molecule has 3 aromatic rings. The van der Waals surface area contributed by atoms with Crippen LogP contribution in [-0.4, -0.2) is 37.0 Å². The Kier molecular flexibility index (Phi) is 5.00. The van der Waals surface area contributed by atoms with Gasteiger partial charge in [-0.1, -0.05) is 23.7 Å². The van der Waals surface area contributed by atoms with Crippen molar-refractivity contribution in [1.82, 2.24) is 25.3 Å². The number of aromatic amines is 1. The summed E-state index contributed by atoms with van der Waals surface area (Å²) in [5.74, 6) is -0.617. The van der Waals surface area contributed by atoms with Crippen molar-refractivity contribution in [3.05, 3.63) is 64.4 Å². The lowest BCUT2D eigenvalue weighted by atomic mass is 10.1. The van der Waals surface area contributed by atoms with E-state index in [-0.39, 0.29) is 17.9 Å². The van der Waals surface area contributed by atoms with Crippen LogP contribution < -0.4 is 5.32 Å². The van der Waals surface area contributed by atoms with Gasteiger partial charge in [0.1, 0.15) is 5.69 Å². The normalized spacial score (nSPS) is 16.2. The predicted octanol–water partition coefficient (Wildman–Crippen LogP) is 3.35. The van der Waals surface area contributed by atoms with E-state index in [9.17, 15) is 9.90 Å². The molecular formula is C19H19ClN6O2. The zero-order chi connectivity index (χ0) is 22.1. The third kappa shape index (κ3) is 4.39. The van der Waals surface area contributed by atoms with Gasteiger partial charge < -0.3 is 10.4 Å². The highest BCUT2D eigenvalue weighted by Gasteiger charge is 2.16. The number of carbonyl (C=O) groups is 1. The van der Waals surface area contributed by atoms with Crippen LogP contribution in [0.5, 0.6) is 0 Å². The van der Waals surface area contributed by atoms with Gasteiger partial charge in [-0.3, -0.25) is 14.6 Å². The summed E-state index contributed by atoms with van der Waals surface area (Å²) in [5.41, 5.74) is 1.74. The highest BCUT2D eigenvalue weighted by Crippen LogP contribution is 2.29. The first-order chi connectivity index (χ1) is 14.0. The third-order valence-electron chi connectivity index (χ3n) is 3.93. The van der Waals surface area contributed by atoms with E-state index in [4.69, 9.17) is 20.9 Å². The van der Waals surface area contributed by atoms with E-state index < -0.39 is 18.0 Å². The number of rotatable bonds is 6. The minimum atomic E-state index is -1.91. The number of amides is 1. The maximum atomic E-state index is 12.4. The molecule has 1 unspecified atom stereocenters. The molecule has 0 bridgehead atoms. The van der Waals surface area contributed by atoms with Crippen molar-refractivity contribution in [2.45, 2.75) is 32.5 Å². The average Bonchev–Trinajstić information content (AvgIpc) is 3.30. The molecule has 0 aliphatic heterocycles. The molecular weight excluding hydrogens is 380 g/mol. The topological polar surface area (TPSA) is 100 Å². The van der Waals surface area contributed by atoms with E-state index in [0.29, 0.717) is 16.4 Å². The van der Waals surface area contributed by atoms with Crippen LogP contribution in [0, 0.1) is 6.57 Å². The lowest BCUT2D eigenvalue weighted by Crippen LogP contribution is -2.36. The van der Waals surface area contributed by atoms with Crippen LogP contribution in [0.2, 0.25) is 5.02 Å². The SMILES string of the molecule is [2H]C(C)(O)c1cc(C(=O)N[C@]([2H])(C)Cn2ccc(-c3ccc([N+]#[C-])c(Cl)c3)n2)n[nH]1. The first-order valence-corrected chi connectivity index (χ1v) is 8.68. The Balaban J connectivity index is 1.70. The highest BCUT2D eigenvalue weighted by atomic mass is 35.5. The van der Waals surface area contributed by atoms with Crippen molar-refractivity contribution in [2.24, 2.45) is 0 Å². The predicted molar refractivity (Wildman–Crippen MR) is 105 cm³/mol. The number of carbonyl (C=O) groups excluding carboxylic acids is 1. The van der Waals surface area contributed by atoms with E-state index in [1.807, 2.05) is 0 Å². The van der Waals surface area contributed by atoms with Gasteiger partial charge in [-0.2, -0.15) is 10.2 Å². The Morgan fingerprint density at radius 2 is 2.25 bits per heavy atom. The van der Waals surface area contributed by atoms with Crippen LogP contribution in [0.25, 0.3) is 16.1 Å². The molecule has 0 radical (unpaired) electrons. The quantitative estimate of drug-likeness (QED) is 0.552. The summed E-state index contributed by atoms with van der Waals surface area (Å²) in [6.07, 6.45) is -0.230. The number of nitrogens with zero attached hydrogens (tertiary/aromatic N) is 4. The van der Waals surface area contributed by atoms with Crippen molar-refractivity contribution in [3.63, 3.8) is 0 Å². The third-order valence-corrected chi connectivity index (χ3v) is 4.23. The Morgan fingerprint density at radius 1 is 1.46 bits per heavy atom. The molecule has 0 saturated heterocycles. The number of nitrogens with one attached hydrogen (secondary N) is 2. The molecule has 0 fully saturated rings. The monoisotopic (exact) mass is 400 g/mol. The Bertz CT molecular complexity index is 1130. The first-order valence-electron chi connectivity index (χ1n) is 9.30. The van der Waals surface area contributed by atoms with Crippen molar-refractivity contribution >= 4 is 23.2 Å². The molecule has 3 N–H and O–H groups in total. The van der Waals surface area contributed by atoms with Crippen molar-refractivity contribution in [3.8, 4) is 11.3 Å².